The quantitative estimate of drug-likeness (QED) is 0.254. The van der Waals surface area contributed by atoms with Gasteiger partial charge < -0.3 is 32.3 Å². The van der Waals surface area contributed by atoms with Gasteiger partial charge in [-0.15, -0.1) is 0 Å². The standard InChI is InChI=1S/C19H20N8O5/c20-16-15-17(27-19(21)26-16)23-8-11(24-15)7-22-10-3-1-9(2-4-10)5-13(28)25-12(18(31)32)6-14(29)30/h1-4,8,12,22H,5-7H2,(H,25,28)(H,29,30)(H,31,32)(H4,20,21,23,26,27)/t12-/m0/s1. The number of aliphatic carboxylic acids is 2. The predicted octanol–water partition coefficient (Wildman–Crippen LogP) is -0.217. The van der Waals surface area contributed by atoms with Crippen molar-refractivity contribution in [3.63, 3.8) is 0 Å². The van der Waals surface area contributed by atoms with E-state index < -0.39 is 30.3 Å². The number of fused-ring (bicyclic) bond motifs is 1. The number of nitrogen functional groups attached to an aromatic ring is 2. The number of carboxylic acid groups (broad SMARTS) is 2. The van der Waals surface area contributed by atoms with Crippen LogP contribution in [-0.4, -0.2) is 54.0 Å². The van der Waals surface area contributed by atoms with Crippen molar-refractivity contribution in [2.45, 2.75) is 25.4 Å². The van der Waals surface area contributed by atoms with E-state index in [1.165, 1.54) is 6.20 Å². The number of carboxylic acids is 2. The fourth-order valence-electron chi connectivity index (χ4n) is 2.81. The van der Waals surface area contributed by atoms with E-state index in [-0.39, 0.29) is 18.2 Å². The zero-order valence-corrected chi connectivity index (χ0v) is 16.6. The van der Waals surface area contributed by atoms with E-state index in [9.17, 15) is 14.4 Å². The number of hydrogen-bond donors (Lipinski definition) is 6. The topological polar surface area (TPSA) is 219 Å². The summed E-state index contributed by atoms with van der Waals surface area (Å²) in [5.41, 5.74) is 14.0. The Kier molecular flexibility index (Phi) is 6.58. The average Bonchev–Trinajstić information content (AvgIpc) is 2.72. The lowest BCUT2D eigenvalue weighted by Crippen LogP contribution is -2.42. The van der Waals surface area contributed by atoms with Crippen LogP contribution in [0.3, 0.4) is 0 Å². The molecule has 0 aliphatic heterocycles. The molecule has 2 aromatic heterocycles. The number of amides is 1. The van der Waals surface area contributed by atoms with Gasteiger partial charge in [-0.05, 0) is 17.7 Å². The van der Waals surface area contributed by atoms with Crippen LogP contribution in [0.4, 0.5) is 17.5 Å². The second kappa shape index (κ2) is 9.51. The van der Waals surface area contributed by atoms with Gasteiger partial charge in [0.25, 0.3) is 0 Å². The molecule has 3 aromatic rings. The van der Waals surface area contributed by atoms with Crippen LogP contribution in [0, 0.1) is 0 Å². The van der Waals surface area contributed by atoms with Gasteiger partial charge in [-0.1, -0.05) is 12.1 Å². The minimum absolute atomic E-state index is 0.0179. The fourth-order valence-corrected chi connectivity index (χ4v) is 2.81. The van der Waals surface area contributed by atoms with Crippen molar-refractivity contribution in [2.24, 2.45) is 0 Å². The summed E-state index contributed by atoms with van der Waals surface area (Å²) >= 11 is 0. The molecule has 0 radical (unpaired) electrons. The minimum Gasteiger partial charge on any atom is -0.481 e. The highest BCUT2D eigenvalue weighted by atomic mass is 16.4. The Morgan fingerprint density at radius 3 is 2.41 bits per heavy atom. The third-order valence-corrected chi connectivity index (χ3v) is 4.31. The third kappa shape index (κ3) is 5.75. The van der Waals surface area contributed by atoms with Crippen LogP contribution in [0.5, 0.6) is 0 Å². The number of anilines is 3. The number of rotatable bonds is 9. The first kappa shape index (κ1) is 22.1. The highest BCUT2D eigenvalue weighted by Crippen LogP contribution is 2.16. The maximum atomic E-state index is 12.0. The molecule has 0 fully saturated rings. The van der Waals surface area contributed by atoms with Crippen molar-refractivity contribution in [3.05, 3.63) is 41.7 Å². The first-order chi connectivity index (χ1) is 15.2. The van der Waals surface area contributed by atoms with E-state index in [2.05, 4.69) is 30.6 Å². The molecule has 1 amide bonds. The van der Waals surface area contributed by atoms with Gasteiger partial charge in [0.15, 0.2) is 17.0 Å². The van der Waals surface area contributed by atoms with Gasteiger partial charge in [0.05, 0.1) is 31.3 Å². The normalized spacial score (nSPS) is 11.6. The Morgan fingerprint density at radius 1 is 1.03 bits per heavy atom. The number of nitrogens with two attached hydrogens (primary N) is 2. The number of nitrogens with zero attached hydrogens (tertiary/aromatic N) is 4. The smallest absolute Gasteiger partial charge is 0.326 e. The second-order valence-corrected chi connectivity index (χ2v) is 6.78. The molecule has 0 spiro atoms. The second-order valence-electron chi connectivity index (χ2n) is 6.78. The highest BCUT2D eigenvalue weighted by molar-refractivity contribution is 5.87. The lowest BCUT2D eigenvalue weighted by molar-refractivity contribution is -0.147. The van der Waals surface area contributed by atoms with Gasteiger partial charge in [0.2, 0.25) is 11.9 Å². The summed E-state index contributed by atoms with van der Waals surface area (Å²) in [6.07, 6.45) is 0.741. The van der Waals surface area contributed by atoms with Crippen LogP contribution >= 0.6 is 0 Å². The molecule has 0 bridgehead atoms. The zero-order chi connectivity index (χ0) is 23.3. The number of aromatic nitrogens is 4. The van der Waals surface area contributed by atoms with Gasteiger partial charge in [0, 0.05) is 5.69 Å². The summed E-state index contributed by atoms with van der Waals surface area (Å²) in [6.45, 7) is 0.335. The zero-order valence-electron chi connectivity index (χ0n) is 16.6. The van der Waals surface area contributed by atoms with Gasteiger partial charge >= 0.3 is 11.9 Å². The van der Waals surface area contributed by atoms with Gasteiger partial charge in [0.1, 0.15) is 6.04 Å². The van der Waals surface area contributed by atoms with Crippen molar-refractivity contribution in [1.29, 1.82) is 0 Å². The lowest BCUT2D eigenvalue weighted by atomic mass is 10.1. The number of carbonyl (C=O) groups excluding carboxylic acids is 1. The summed E-state index contributed by atoms with van der Waals surface area (Å²) in [5, 5.41) is 23.1. The maximum Gasteiger partial charge on any atom is 0.326 e. The molecule has 8 N–H and O–H groups in total. The van der Waals surface area contributed by atoms with E-state index in [0.717, 1.165) is 5.69 Å². The summed E-state index contributed by atoms with van der Waals surface area (Å²) in [6, 6.07) is 5.37. The fraction of sp³-hybridized carbons (Fsp3) is 0.211. The summed E-state index contributed by atoms with van der Waals surface area (Å²) < 4.78 is 0. The SMILES string of the molecule is Nc1nc(N)c2nc(CNc3ccc(CC(=O)N[C@@H](CC(=O)O)C(=O)O)cc3)cnc2n1. The molecule has 0 unspecified atom stereocenters. The molecule has 32 heavy (non-hydrogen) atoms. The van der Waals surface area contributed by atoms with Crippen LogP contribution in [0.2, 0.25) is 0 Å². The summed E-state index contributed by atoms with van der Waals surface area (Å²) in [7, 11) is 0. The van der Waals surface area contributed by atoms with Crippen molar-refractivity contribution in [1.82, 2.24) is 25.3 Å². The van der Waals surface area contributed by atoms with Gasteiger partial charge in [-0.25, -0.2) is 14.8 Å². The first-order valence-corrected chi connectivity index (χ1v) is 9.32. The molecule has 2 heterocycles. The highest BCUT2D eigenvalue weighted by Gasteiger charge is 2.22. The Morgan fingerprint density at radius 2 is 1.75 bits per heavy atom. The molecule has 3 rings (SSSR count). The molecule has 0 aliphatic rings. The number of carbonyl (C=O) groups is 3. The molecular formula is C19H20N8O5. The minimum atomic E-state index is -1.49. The van der Waals surface area contributed by atoms with E-state index in [4.69, 9.17) is 21.7 Å². The molecular weight excluding hydrogens is 420 g/mol. The van der Waals surface area contributed by atoms with E-state index in [1.807, 2.05) is 0 Å². The molecule has 13 nitrogen and oxygen atoms in total. The summed E-state index contributed by atoms with van der Waals surface area (Å²) in [4.78, 5) is 50.2. The van der Waals surface area contributed by atoms with Crippen LogP contribution in [0.15, 0.2) is 30.5 Å². The van der Waals surface area contributed by atoms with Crippen molar-refractivity contribution >= 4 is 46.5 Å². The van der Waals surface area contributed by atoms with Gasteiger partial charge in [-0.2, -0.15) is 9.97 Å². The molecule has 166 valence electrons. The van der Waals surface area contributed by atoms with E-state index >= 15 is 0 Å². The van der Waals surface area contributed by atoms with E-state index in [1.54, 1.807) is 24.3 Å². The molecule has 13 heteroatoms. The molecule has 1 aromatic carbocycles. The van der Waals surface area contributed by atoms with Crippen LogP contribution < -0.4 is 22.1 Å². The van der Waals surface area contributed by atoms with Crippen LogP contribution in [0.25, 0.3) is 11.2 Å². The molecule has 0 saturated heterocycles. The predicted molar refractivity (Wildman–Crippen MR) is 113 cm³/mol. The molecule has 0 aliphatic carbocycles. The average molecular weight is 440 g/mol. The monoisotopic (exact) mass is 440 g/mol. The van der Waals surface area contributed by atoms with Crippen LogP contribution in [-0.2, 0) is 27.3 Å². The third-order valence-electron chi connectivity index (χ3n) is 4.31. The number of benzene rings is 1. The largest absolute Gasteiger partial charge is 0.481 e. The number of hydrogen-bond acceptors (Lipinski definition) is 10. The Hall–Kier alpha value is -4.55. The van der Waals surface area contributed by atoms with E-state index in [0.29, 0.717) is 29.0 Å². The Bertz CT molecular complexity index is 1170. The molecule has 1 atom stereocenters. The maximum absolute atomic E-state index is 12.0. The molecule has 0 saturated carbocycles. The Balaban J connectivity index is 1.58. The first-order valence-electron chi connectivity index (χ1n) is 9.32. The Labute approximate surface area is 180 Å². The van der Waals surface area contributed by atoms with Crippen molar-refractivity contribution in [2.75, 3.05) is 16.8 Å². The van der Waals surface area contributed by atoms with Gasteiger partial charge in [-0.3, -0.25) is 9.59 Å². The van der Waals surface area contributed by atoms with Crippen molar-refractivity contribution in [3.8, 4) is 0 Å². The lowest BCUT2D eigenvalue weighted by Gasteiger charge is -2.12. The number of nitrogens with one attached hydrogen (secondary N) is 2. The van der Waals surface area contributed by atoms with Crippen LogP contribution in [0.1, 0.15) is 17.7 Å². The summed E-state index contributed by atoms with van der Waals surface area (Å²) in [5.74, 6) is -3.16. The van der Waals surface area contributed by atoms with Crippen molar-refractivity contribution < 1.29 is 24.6 Å².